The number of anilines is 2. The first kappa shape index (κ1) is 26.4. The van der Waals surface area contributed by atoms with E-state index < -0.39 is 0 Å². The van der Waals surface area contributed by atoms with Gasteiger partial charge in [-0.15, -0.1) is 0 Å². The number of hydrogen-bond acceptors (Lipinski definition) is 4. The van der Waals surface area contributed by atoms with E-state index in [2.05, 4.69) is 15.5 Å². The Morgan fingerprint density at radius 2 is 1.57 bits per heavy atom. The molecule has 0 unspecified atom stereocenters. The third-order valence-corrected chi connectivity index (χ3v) is 6.42. The molecule has 2 aliphatic rings. The van der Waals surface area contributed by atoms with Gasteiger partial charge in [-0.1, -0.05) is 12.1 Å². The summed E-state index contributed by atoms with van der Waals surface area (Å²) in [6, 6.07) is 13.5. The van der Waals surface area contributed by atoms with Gasteiger partial charge in [-0.05, 0) is 75.6 Å². The number of carbonyl (C=O) groups excluding carboxylic acids is 3. The zero-order valence-electron chi connectivity index (χ0n) is 21.8. The molecule has 2 N–H and O–H groups in total. The molecule has 1 aliphatic carbocycles. The second-order valence-electron chi connectivity index (χ2n) is 10.8. The highest BCUT2D eigenvalue weighted by atomic mass is 19.1. The van der Waals surface area contributed by atoms with Crippen LogP contribution in [-0.4, -0.2) is 65.9 Å². The van der Waals surface area contributed by atoms with Gasteiger partial charge < -0.3 is 25.3 Å². The highest BCUT2D eigenvalue weighted by Gasteiger charge is 2.34. The minimum absolute atomic E-state index is 0.0208. The Kier molecular flexibility index (Phi) is 8.00. The number of benzene rings is 2. The highest BCUT2D eigenvalue weighted by Crippen LogP contribution is 2.31. The topological polar surface area (TPSA) is 85.0 Å². The maximum absolute atomic E-state index is 13.3. The van der Waals surface area contributed by atoms with E-state index in [9.17, 15) is 18.8 Å². The van der Waals surface area contributed by atoms with E-state index in [1.54, 1.807) is 17.0 Å². The molecule has 2 aromatic carbocycles. The molecule has 2 fully saturated rings. The standard InChI is InChI=1S/C28H36FN5O3/c1-28(2,3)31-27(37)33-16-14-32(15-17-33)24-12-10-23(11-13-24)30-25(35)19-34(26(36)21-6-7-21)18-20-4-8-22(29)9-5-20/h4-5,8-13,21H,6-7,14-19H2,1-3H3,(H,30,35)(H,31,37). The predicted molar refractivity (Wildman–Crippen MR) is 142 cm³/mol. The molecule has 1 aliphatic heterocycles. The number of nitrogens with one attached hydrogen (secondary N) is 2. The molecule has 4 amide bonds. The van der Waals surface area contributed by atoms with Crippen molar-refractivity contribution in [3.8, 4) is 0 Å². The van der Waals surface area contributed by atoms with Crippen LogP contribution < -0.4 is 15.5 Å². The van der Waals surface area contributed by atoms with Crippen molar-refractivity contribution in [3.05, 3.63) is 59.9 Å². The maximum atomic E-state index is 13.3. The van der Waals surface area contributed by atoms with Crippen LogP contribution in [0.25, 0.3) is 0 Å². The minimum Gasteiger partial charge on any atom is -0.368 e. The van der Waals surface area contributed by atoms with Crippen LogP contribution in [0.3, 0.4) is 0 Å². The second kappa shape index (κ2) is 11.2. The van der Waals surface area contributed by atoms with Crippen LogP contribution in [0, 0.1) is 11.7 Å². The van der Waals surface area contributed by atoms with E-state index in [0.717, 1.165) is 37.2 Å². The van der Waals surface area contributed by atoms with E-state index in [4.69, 9.17) is 0 Å². The number of hydrogen-bond donors (Lipinski definition) is 2. The predicted octanol–water partition coefficient (Wildman–Crippen LogP) is 3.83. The second-order valence-corrected chi connectivity index (χ2v) is 10.8. The third-order valence-electron chi connectivity index (χ3n) is 6.42. The number of urea groups is 1. The van der Waals surface area contributed by atoms with E-state index >= 15 is 0 Å². The Morgan fingerprint density at radius 1 is 0.946 bits per heavy atom. The molecule has 0 spiro atoms. The summed E-state index contributed by atoms with van der Waals surface area (Å²) in [5.74, 6) is -0.669. The maximum Gasteiger partial charge on any atom is 0.317 e. The van der Waals surface area contributed by atoms with Crippen molar-refractivity contribution in [1.82, 2.24) is 15.1 Å². The average Bonchev–Trinajstić information content (AvgIpc) is 3.70. The number of amides is 4. The molecule has 1 saturated heterocycles. The van der Waals surface area contributed by atoms with E-state index in [0.29, 0.717) is 18.8 Å². The Balaban J connectivity index is 1.29. The van der Waals surface area contributed by atoms with Gasteiger partial charge in [-0.2, -0.15) is 0 Å². The average molecular weight is 510 g/mol. The summed E-state index contributed by atoms with van der Waals surface area (Å²) in [5, 5.41) is 5.89. The normalized spacial score (nSPS) is 15.8. The van der Waals surface area contributed by atoms with Gasteiger partial charge >= 0.3 is 6.03 Å². The fourth-order valence-corrected chi connectivity index (χ4v) is 4.31. The highest BCUT2D eigenvalue weighted by molar-refractivity contribution is 5.95. The van der Waals surface area contributed by atoms with Crippen molar-refractivity contribution < 1.29 is 18.8 Å². The van der Waals surface area contributed by atoms with Gasteiger partial charge in [-0.3, -0.25) is 9.59 Å². The van der Waals surface area contributed by atoms with E-state index in [1.807, 2.05) is 49.9 Å². The molecule has 8 nitrogen and oxygen atoms in total. The Bertz CT molecular complexity index is 1100. The molecule has 198 valence electrons. The molecule has 0 atom stereocenters. The van der Waals surface area contributed by atoms with Crippen LogP contribution in [0.4, 0.5) is 20.6 Å². The fraction of sp³-hybridized carbons (Fsp3) is 0.464. The quantitative estimate of drug-likeness (QED) is 0.594. The number of halogens is 1. The molecule has 1 heterocycles. The number of rotatable bonds is 7. The summed E-state index contributed by atoms with van der Waals surface area (Å²) in [6.07, 6.45) is 1.69. The molecule has 0 bridgehead atoms. The first-order chi connectivity index (χ1) is 17.6. The lowest BCUT2D eigenvalue weighted by Crippen LogP contribution is -2.55. The van der Waals surface area contributed by atoms with Crippen molar-refractivity contribution >= 4 is 29.2 Å². The molecule has 1 saturated carbocycles. The van der Waals surface area contributed by atoms with Crippen LogP contribution in [0.2, 0.25) is 0 Å². The SMILES string of the molecule is CC(C)(C)NC(=O)N1CCN(c2ccc(NC(=O)CN(Cc3ccc(F)cc3)C(=O)C3CC3)cc2)CC1. The van der Waals surface area contributed by atoms with Gasteiger partial charge in [0, 0.05) is 55.6 Å². The van der Waals surface area contributed by atoms with Gasteiger partial charge in [0.05, 0.1) is 0 Å². The molecule has 2 aromatic rings. The summed E-state index contributed by atoms with van der Waals surface area (Å²) in [7, 11) is 0. The Hall–Kier alpha value is -3.62. The molecule has 9 heteroatoms. The number of piperazine rings is 1. The number of carbonyl (C=O) groups is 3. The minimum atomic E-state index is -0.335. The smallest absolute Gasteiger partial charge is 0.317 e. The lowest BCUT2D eigenvalue weighted by molar-refractivity contribution is -0.136. The van der Waals surface area contributed by atoms with Crippen LogP contribution in [0.15, 0.2) is 48.5 Å². The summed E-state index contributed by atoms with van der Waals surface area (Å²) in [6.45, 7) is 8.84. The van der Waals surface area contributed by atoms with Gasteiger partial charge in [-0.25, -0.2) is 9.18 Å². The summed E-state index contributed by atoms with van der Waals surface area (Å²) >= 11 is 0. The Morgan fingerprint density at radius 3 is 2.14 bits per heavy atom. The van der Waals surface area contributed by atoms with Crippen molar-refractivity contribution in [1.29, 1.82) is 0 Å². The molecule has 37 heavy (non-hydrogen) atoms. The zero-order chi connectivity index (χ0) is 26.6. The summed E-state index contributed by atoms with van der Waals surface area (Å²) in [5.41, 5.74) is 2.19. The first-order valence-corrected chi connectivity index (χ1v) is 12.8. The van der Waals surface area contributed by atoms with Crippen LogP contribution in [0.5, 0.6) is 0 Å². The largest absolute Gasteiger partial charge is 0.368 e. The van der Waals surface area contributed by atoms with Crippen LogP contribution >= 0.6 is 0 Å². The van der Waals surface area contributed by atoms with E-state index in [1.165, 1.54) is 12.1 Å². The van der Waals surface area contributed by atoms with Gasteiger partial charge in [0.25, 0.3) is 0 Å². The molecule has 0 aromatic heterocycles. The molecular weight excluding hydrogens is 473 g/mol. The van der Waals surface area contributed by atoms with Crippen molar-refractivity contribution in [3.63, 3.8) is 0 Å². The van der Waals surface area contributed by atoms with Crippen molar-refractivity contribution in [2.45, 2.75) is 45.7 Å². The van der Waals surface area contributed by atoms with Gasteiger partial charge in [0.15, 0.2) is 0 Å². The monoisotopic (exact) mass is 509 g/mol. The first-order valence-electron chi connectivity index (χ1n) is 12.8. The van der Waals surface area contributed by atoms with E-state index in [-0.39, 0.29) is 48.2 Å². The molecular formula is C28H36FN5O3. The fourth-order valence-electron chi connectivity index (χ4n) is 4.31. The lowest BCUT2D eigenvalue weighted by atomic mass is 10.1. The van der Waals surface area contributed by atoms with Crippen LogP contribution in [0.1, 0.15) is 39.2 Å². The number of nitrogens with zero attached hydrogens (tertiary/aromatic N) is 3. The van der Waals surface area contributed by atoms with Gasteiger partial charge in [0.2, 0.25) is 11.8 Å². The lowest BCUT2D eigenvalue weighted by Gasteiger charge is -2.37. The molecule has 4 rings (SSSR count). The van der Waals surface area contributed by atoms with Crippen LogP contribution in [-0.2, 0) is 16.1 Å². The Labute approximate surface area is 217 Å². The van der Waals surface area contributed by atoms with Crippen molar-refractivity contribution in [2.75, 3.05) is 42.9 Å². The van der Waals surface area contributed by atoms with Crippen molar-refractivity contribution in [2.24, 2.45) is 5.92 Å². The third kappa shape index (κ3) is 7.68. The summed E-state index contributed by atoms with van der Waals surface area (Å²) < 4.78 is 13.3. The van der Waals surface area contributed by atoms with Gasteiger partial charge in [0.1, 0.15) is 12.4 Å². The summed E-state index contributed by atoms with van der Waals surface area (Å²) in [4.78, 5) is 43.5. The zero-order valence-corrected chi connectivity index (χ0v) is 21.8. The molecule has 0 radical (unpaired) electrons.